The number of rotatable bonds is 0. The van der Waals surface area contributed by atoms with Gasteiger partial charge in [0.25, 0.3) is 0 Å². The van der Waals surface area contributed by atoms with Crippen molar-refractivity contribution >= 4 is 6.21 Å². The average molecular weight is 83.1 g/mol. The minimum atomic E-state index is 0.903. The fourth-order valence-electron chi connectivity index (χ4n) is 0.281. The lowest BCUT2D eigenvalue weighted by Gasteiger charge is -1.89. The first-order valence-corrected chi connectivity index (χ1v) is 1.83. The van der Waals surface area contributed by atoms with Crippen molar-refractivity contribution in [3.05, 3.63) is 12.3 Å². The predicted octanol–water partition coefficient (Wildman–Crippen LogP) is 0.906. The van der Waals surface area contributed by atoms with E-state index < -0.39 is 0 Å². The molecule has 1 rings (SSSR count). The third-order valence-electron chi connectivity index (χ3n) is 0.534. The van der Waals surface area contributed by atoms with E-state index in [0.717, 1.165) is 6.42 Å². The molecule has 2 heteroatoms. The minimum Gasteiger partial charge on any atom is -0.366 e. The first-order chi connectivity index (χ1) is 3.00. The van der Waals surface area contributed by atoms with E-state index in [1.165, 1.54) is 0 Å². The van der Waals surface area contributed by atoms with Gasteiger partial charge in [0.15, 0.2) is 0 Å². The first-order valence-electron chi connectivity index (χ1n) is 1.83. The second-order valence-corrected chi connectivity index (χ2v) is 1.00. The van der Waals surface area contributed by atoms with Crippen LogP contribution in [0.4, 0.5) is 0 Å². The molecule has 0 fully saturated rings. The van der Waals surface area contributed by atoms with Gasteiger partial charge >= 0.3 is 0 Å². The molecular formula is C4H5NO. The van der Waals surface area contributed by atoms with E-state index in [-0.39, 0.29) is 0 Å². The van der Waals surface area contributed by atoms with Crippen molar-refractivity contribution in [3.63, 3.8) is 0 Å². The zero-order chi connectivity index (χ0) is 4.24. The van der Waals surface area contributed by atoms with Crippen molar-refractivity contribution in [1.29, 1.82) is 0 Å². The summed E-state index contributed by atoms with van der Waals surface area (Å²) in [5.74, 6) is 0. The van der Waals surface area contributed by atoms with Gasteiger partial charge in [0.05, 0.1) is 0 Å². The largest absolute Gasteiger partial charge is 0.366 e. The second kappa shape index (κ2) is 1.60. The van der Waals surface area contributed by atoms with Crippen molar-refractivity contribution in [2.24, 2.45) is 5.16 Å². The minimum absolute atomic E-state index is 0.903. The van der Waals surface area contributed by atoms with Gasteiger partial charge in [-0.2, -0.15) is 0 Å². The summed E-state index contributed by atoms with van der Waals surface area (Å²) in [6.07, 6.45) is 6.08. The Bertz CT molecular complexity index is 65.5. The summed E-state index contributed by atoms with van der Waals surface area (Å²) in [7, 11) is 0. The smallest absolute Gasteiger partial charge is 0.118 e. The fourth-order valence-corrected chi connectivity index (χ4v) is 0.281. The zero-order valence-corrected chi connectivity index (χ0v) is 3.29. The van der Waals surface area contributed by atoms with Crippen LogP contribution in [0.2, 0.25) is 0 Å². The molecule has 0 N–H and O–H groups in total. The van der Waals surface area contributed by atoms with Gasteiger partial charge in [-0.3, -0.25) is 0 Å². The molecule has 0 saturated carbocycles. The number of hydrogen-bond acceptors (Lipinski definition) is 2. The maximum Gasteiger partial charge on any atom is 0.118 e. The Kier molecular flexibility index (Phi) is 0.906. The topological polar surface area (TPSA) is 21.6 Å². The van der Waals surface area contributed by atoms with Gasteiger partial charge in [0.2, 0.25) is 0 Å². The standard InChI is InChI=1S/C4H5NO/c1-2-4-6-5-3-1/h2-4H,1H2. The van der Waals surface area contributed by atoms with Gasteiger partial charge in [-0.1, -0.05) is 5.16 Å². The van der Waals surface area contributed by atoms with Crippen molar-refractivity contribution < 1.29 is 4.84 Å². The van der Waals surface area contributed by atoms with E-state index in [0.29, 0.717) is 0 Å². The van der Waals surface area contributed by atoms with E-state index in [9.17, 15) is 0 Å². The fraction of sp³-hybridized carbons (Fsp3) is 0.250. The van der Waals surface area contributed by atoms with Crippen LogP contribution in [0.5, 0.6) is 0 Å². The Morgan fingerprint density at radius 1 is 1.67 bits per heavy atom. The highest BCUT2D eigenvalue weighted by Crippen LogP contribution is 1.87. The van der Waals surface area contributed by atoms with E-state index in [1.807, 2.05) is 6.08 Å². The van der Waals surface area contributed by atoms with Crippen LogP contribution in [0.3, 0.4) is 0 Å². The van der Waals surface area contributed by atoms with Crippen LogP contribution in [0.1, 0.15) is 6.42 Å². The molecule has 0 bridgehead atoms. The number of hydrogen-bond donors (Lipinski definition) is 0. The molecule has 0 amide bonds. The molecule has 32 valence electrons. The number of nitrogens with zero attached hydrogens (tertiary/aromatic N) is 1. The molecule has 0 saturated heterocycles. The molecule has 0 radical (unpaired) electrons. The van der Waals surface area contributed by atoms with Gasteiger partial charge in [0, 0.05) is 12.6 Å². The highest BCUT2D eigenvalue weighted by Gasteiger charge is 1.77. The van der Waals surface area contributed by atoms with Crippen molar-refractivity contribution in [1.82, 2.24) is 0 Å². The lowest BCUT2D eigenvalue weighted by atomic mass is 10.4. The van der Waals surface area contributed by atoms with Gasteiger partial charge in [-0.25, -0.2) is 0 Å². The third-order valence-corrected chi connectivity index (χ3v) is 0.534. The normalized spacial score (nSPS) is 17.3. The van der Waals surface area contributed by atoms with E-state index in [4.69, 9.17) is 0 Å². The van der Waals surface area contributed by atoms with Crippen LogP contribution < -0.4 is 0 Å². The Labute approximate surface area is 36.1 Å². The molecular weight excluding hydrogens is 78.0 g/mol. The molecule has 1 aliphatic rings. The maximum absolute atomic E-state index is 4.46. The average Bonchev–Trinajstić information content (AvgIpc) is 1.72. The summed E-state index contributed by atoms with van der Waals surface area (Å²) in [6, 6.07) is 0. The van der Waals surface area contributed by atoms with E-state index in [2.05, 4.69) is 9.99 Å². The van der Waals surface area contributed by atoms with Crippen LogP contribution in [0.15, 0.2) is 17.5 Å². The third kappa shape index (κ3) is 0.578. The molecule has 2 nitrogen and oxygen atoms in total. The van der Waals surface area contributed by atoms with Crippen molar-refractivity contribution in [2.45, 2.75) is 6.42 Å². The Morgan fingerprint density at radius 2 is 2.67 bits per heavy atom. The molecule has 0 aromatic rings. The molecule has 0 aromatic carbocycles. The summed E-state index contributed by atoms with van der Waals surface area (Å²) in [4.78, 5) is 4.46. The lowest BCUT2D eigenvalue weighted by molar-refractivity contribution is 0.264. The number of allylic oxidation sites excluding steroid dienone is 1. The molecule has 0 aromatic heterocycles. The van der Waals surface area contributed by atoms with Crippen LogP contribution in [-0.4, -0.2) is 6.21 Å². The van der Waals surface area contributed by atoms with Crippen LogP contribution in [0, 0.1) is 0 Å². The summed E-state index contributed by atoms with van der Waals surface area (Å²) in [5, 5.41) is 3.47. The van der Waals surface area contributed by atoms with E-state index >= 15 is 0 Å². The van der Waals surface area contributed by atoms with Crippen LogP contribution >= 0.6 is 0 Å². The summed E-state index contributed by atoms with van der Waals surface area (Å²) >= 11 is 0. The predicted molar refractivity (Wildman–Crippen MR) is 23.3 cm³/mol. The molecule has 1 heterocycles. The van der Waals surface area contributed by atoms with Crippen LogP contribution in [0.25, 0.3) is 0 Å². The highest BCUT2D eigenvalue weighted by atomic mass is 16.6. The zero-order valence-electron chi connectivity index (χ0n) is 3.29. The second-order valence-electron chi connectivity index (χ2n) is 1.00. The SMILES string of the molecule is C1=CON=CC1. The summed E-state index contributed by atoms with van der Waals surface area (Å²) in [6.45, 7) is 0. The monoisotopic (exact) mass is 83.0 g/mol. The Balaban J connectivity index is 2.40. The Morgan fingerprint density at radius 3 is 2.83 bits per heavy atom. The van der Waals surface area contributed by atoms with Crippen molar-refractivity contribution in [2.75, 3.05) is 0 Å². The molecule has 0 aliphatic carbocycles. The molecule has 6 heavy (non-hydrogen) atoms. The highest BCUT2D eigenvalue weighted by molar-refractivity contribution is 5.59. The van der Waals surface area contributed by atoms with Gasteiger partial charge in [0.1, 0.15) is 6.26 Å². The summed E-state index contributed by atoms with van der Waals surface area (Å²) < 4.78 is 0. The maximum atomic E-state index is 4.46. The Hall–Kier alpha value is -0.790. The molecule has 0 spiro atoms. The van der Waals surface area contributed by atoms with Gasteiger partial charge in [-0.15, -0.1) is 0 Å². The molecule has 0 atom stereocenters. The molecule has 1 aliphatic heterocycles. The first kappa shape index (κ1) is 3.40. The van der Waals surface area contributed by atoms with E-state index in [1.54, 1.807) is 12.5 Å². The van der Waals surface area contributed by atoms with Gasteiger partial charge < -0.3 is 4.84 Å². The number of oxime groups is 1. The quantitative estimate of drug-likeness (QED) is 0.426. The van der Waals surface area contributed by atoms with Crippen molar-refractivity contribution in [3.8, 4) is 0 Å². The van der Waals surface area contributed by atoms with Crippen LogP contribution in [-0.2, 0) is 4.84 Å². The summed E-state index contributed by atoms with van der Waals surface area (Å²) in [5.41, 5.74) is 0. The lowest BCUT2D eigenvalue weighted by Crippen LogP contribution is -1.78. The molecule has 0 unspecified atom stereocenters. The van der Waals surface area contributed by atoms with Gasteiger partial charge in [-0.05, 0) is 6.08 Å².